The molecule has 9 N–H and O–H groups in total. The minimum Gasteiger partial charge on any atom is -0.507 e. The summed E-state index contributed by atoms with van der Waals surface area (Å²) in [5.41, 5.74) is 0.289. The Hall–Kier alpha value is -3.51. The normalized spacial score (nSPS) is 32.9. The highest BCUT2D eigenvalue weighted by Gasteiger charge is 2.48. The van der Waals surface area contributed by atoms with Crippen LogP contribution < -0.4 is 9.47 Å². The molecule has 0 bridgehead atoms. The van der Waals surface area contributed by atoms with Crippen LogP contribution in [0.2, 0.25) is 0 Å². The highest BCUT2D eigenvalue weighted by atomic mass is 16.7. The molecule has 43 heavy (non-hydrogen) atoms. The van der Waals surface area contributed by atoms with Gasteiger partial charge >= 0.3 is 11.3 Å². The van der Waals surface area contributed by atoms with Crippen molar-refractivity contribution in [1.29, 1.82) is 0 Å². The lowest BCUT2D eigenvalue weighted by atomic mass is 9.98. The molecule has 15 nitrogen and oxygen atoms in total. The van der Waals surface area contributed by atoms with E-state index in [0.717, 1.165) is 6.07 Å². The number of ether oxygens (including phenoxy) is 5. The second-order valence-electron chi connectivity index (χ2n) is 10.4. The van der Waals surface area contributed by atoms with Gasteiger partial charge in [0.25, 0.3) is 0 Å². The molecule has 15 heteroatoms. The van der Waals surface area contributed by atoms with Crippen molar-refractivity contribution in [3.8, 4) is 40.1 Å². The molecule has 3 aromatic rings. The Balaban J connectivity index is 1.44. The quantitative estimate of drug-likeness (QED) is 0.154. The highest BCUT2D eigenvalue weighted by molar-refractivity contribution is 5.88. The van der Waals surface area contributed by atoms with Crippen LogP contribution in [0.4, 0.5) is 0 Å². The Morgan fingerprint density at radius 1 is 0.744 bits per heavy atom. The van der Waals surface area contributed by atoms with E-state index < -0.39 is 68.0 Å². The number of phenols is 3. The molecule has 234 valence electrons. The van der Waals surface area contributed by atoms with Gasteiger partial charge in [-0.3, -0.25) is 0 Å². The van der Waals surface area contributed by atoms with E-state index in [9.17, 15) is 46.0 Å². The van der Waals surface area contributed by atoms with Gasteiger partial charge in [-0.25, -0.2) is 4.42 Å². The van der Waals surface area contributed by atoms with Crippen LogP contribution in [-0.2, 0) is 14.2 Å². The fourth-order valence-corrected chi connectivity index (χ4v) is 4.92. The first kappa shape index (κ1) is 30.9. The first-order valence-electron chi connectivity index (χ1n) is 13.3. The summed E-state index contributed by atoms with van der Waals surface area (Å²) in [7, 11) is 1.37. The van der Waals surface area contributed by atoms with Gasteiger partial charge in [-0.1, -0.05) is 0 Å². The zero-order chi connectivity index (χ0) is 31.2. The van der Waals surface area contributed by atoms with Gasteiger partial charge in [0.2, 0.25) is 12.0 Å². The molecule has 1 aromatic heterocycles. The summed E-state index contributed by atoms with van der Waals surface area (Å²) < 4.78 is 33.5. The van der Waals surface area contributed by atoms with Crippen LogP contribution in [0.25, 0.3) is 22.3 Å². The van der Waals surface area contributed by atoms with Crippen LogP contribution in [0, 0.1) is 0 Å². The topological polar surface area (TPSA) is 240 Å². The predicted molar refractivity (Wildman–Crippen MR) is 143 cm³/mol. The number of aromatic hydroxyl groups is 3. The molecule has 0 unspecified atom stereocenters. The molecule has 2 saturated heterocycles. The van der Waals surface area contributed by atoms with E-state index in [4.69, 9.17) is 28.1 Å². The molecule has 0 radical (unpaired) electrons. The zero-order valence-electron chi connectivity index (χ0n) is 22.9. The van der Waals surface area contributed by atoms with Gasteiger partial charge in [0.15, 0.2) is 17.8 Å². The minimum atomic E-state index is -1.80. The minimum absolute atomic E-state index is 0.0366. The fourth-order valence-electron chi connectivity index (χ4n) is 4.92. The average molecular weight is 610 g/mol. The number of aliphatic hydroxyl groups is 6. The van der Waals surface area contributed by atoms with Crippen LogP contribution in [0.5, 0.6) is 28.7 Å². The van der Waals surface area contributed by atoms with Crippen molar-refractivity contribution in [1.82, 2.24) is 0 Å². The van der Waals surface area contributed by atoms with E-state index in [2.05, 4.69) is 0 Å². The number of hydrogen-bond acceptors (Lipinski definition) is 14. The van der Waals surface area contributed by atoms with E-state index in [-0.39, 0.29) is 51.0 Å². The fraction of sp³-hybridized carbons (Fsp3) is 0.464. The zero-order valence-corrected chi connectivity index (χ0v) is 22.9. The van der Waals surface area contributed by atoms with E-state index in [1.54, 1.807) is 0 Å². The third-order valence-electron chi connectivity index (χ3n) is 7.40. The molecule has 0 aliphatic carbocycles. The molecular weight excluding hydrogens is 576 g/mol. The molecule has 2 aliphatic heterocycles. The predicted octanol–water partition coefficient (Wildman–Crippen LogP) is -0.463. The van der Waals surface area contributed by atoms with Gasteiger partial charge in [0, 0.05) is 18.2 Å². The lowest BCUT2D eigenvalue weighted by Crippen LogP contribution is -2.61. The number of rotatable bonds is 7. The molecule has 2 fully saturated rings. The Labute approximate surface area is 243 Å². The Morgan fingerprint density at radius 3 is 2.14 bits per heavy atom. The molecule has 5 rings (SSSR count). The Kier molecular flexibility index (Phi) is 8.80. The summed E-state index contributed by atoms with van der Waals surface area (Å²) >= 11 is 0. The van der Waals surface area contributed by atoms with Gasteiger partial charge in [-0.2, -0.15) is 0 Å². The van der Waals surface area contributed by atoms with Gasteiger partial charge in [0.05, 0.1) is 31.5 Å². The number of methoxy groups -OCH3 is 1. The lowest BCUT2D eigenvalue weighted by Gasteiger charge is -2.42. The van der Waals surface area contributed by atoms with E-state index in [1.165, 1.54) is 44.4 Å². The molecule has 0 saturated carbocycles. The summed E-state index contributed by atoms with van der Waals surface area (Å²) in [6.07, 6.45) is -15.2. The molecule has 2 aliphatic rings. The number of phenolic OH excluding ortho intramolecular Hbond substituents is 3. The molecule has 10 atom stereocenters. The van der Waals surface area contributed by atoms with Crippen LogP contribution in [-0.4, -0.2) is 121 Å². The summed E-state index contributed by atoms with van der Waals surface area (Å²) in [6.45, 7) is 0.948. The van der Waals surface area contributed by atoms with Crippen molar-refractivity contribution < 1.29 is 74.1 Å². The number of benzene rings is 2. The molecule has 0 spiro atoms. The maximum atomic E-state index is 10.7. The highest BCUT2D eigenvalue weighted by Crippen LogP contribution is 2.42. The van der Waals surface area contributed by atoms with Gasteiger partial charge in [-0.05, 0) is 19.1 Å². The van der Waals surface area contributed by atoms with Gasteiger partial charge in [-0.15, -0.1) is 0 Å². The summed E-state index contributed by atoms with van der Waals surface area (Å²) in [6, 6.07) is 7.90. The average Bonchev–Trinajstić information content (AvgIpc) is 2.97. The third kappa shape index (κ3) is 5.99. The van der Waals surface area contributed by atoms with Gasteiger partial charge < -0.3 is 69.6 Å². The number of fused-ring (bicyclic) bond motifs is 1. The summed E-state index contributed by atoms with van der Waals surface area (Å²) in [5.74, 6) is -0.921. The Morgan fingerprint density at radius 2 is 1.44 bits per heavy atom. The van der Waals surface area contributed by atoms with E-state index >= 15 is 0 Å². The summed E-state index contributed by atoms with van der Waals surface area (Å²) in [5, 5.41) is 92.9. The maximum absolute atomic E-state index is 10.7. The number of hydrogen-bond donors (Lipinski definition) is 9. The second-order valence-corrected chi connectivity index (χ2v) is 10.4. The molecule has 2 aromatic carbocycles. The van der Waals surface area contributed by atoms with Crippen molar-refractivity contribution in [2.75, 3.05) is 13.7 Å². The number of aliphatic hydroxyl groups excluding tert-OH is 6. The smallest absolute Gasteiger partial charge is 0.402 e. The van der Waals surface area contributed by atoms with Crippen LogP contribution in [0.15, 0.2) is 40.8 Å². The van der Waals surface area contributed by atoms with Crippen molar-refractivity contribution >= 4 is 11.0 Å². The largest absolute Gasteiger partial charge is 0.507 e. The van der Waals surface area contributed by atoms with Crippen LogP contribution >= 0.6 is 0 Å². The van der Waals surface area contributed by atoms with Crippen molar-refractivity contribution in [2.45, 2.75) is 68.3 Å². The van der Waals surface area contributed by atoms with E-state index in [1.807, 2.05) is 0 Å². The lowest BCUT2D eigenvalue weighted by molar-refractivity contribution is -0.318. The first-order valence-corrected chi connectivity index (χ1v) is 13.3. The molecular formula is C28H33O15+. The standard InChI is InChI=1S/C28H32O15/c1-10-20(32)22(34)24(36)27(40-10)39-9-19-21(33)23(35)25(37)28(43-19)42-18-8-13-14(30)6-12(29)7-17(13)41-26(18)11-3-4-16(38-2)15(31)5-11/h3-8,10,19-25,27-28,32-37H,9H2,1-2H3,(H2-,29,30,31)/p+1/t10-,19+,20-,21+,22+,23-,24+,25+,27+,28+/m0/s1. The monoisotopic (exact) mass is 609 g/mol. The first-order chi connectivity index (χ1) is 20.4. The van der Waals surface area contributed by atoms with Crippen LogP contribution in [0.1, 0.15) is 6.92 Å². The second kappa shape index (κ2) is 12.2. The van der Waals surface area contributed by atoms with Crippen molar-refractivity contribution in [2.24, 2.45) is 0 Å². The SMILES string of the molecule is COc1ccc(-c2[o+]c3cc(O)cc(O)c3cc2O[C@@H]2O[C@H](CO[C@@H]3O[C@@H](C)[C@H](O)[C@@H](O)[C@H]3O)[C@@H](O)[C@H](O)[C@H]2O)cc1O. The maximum Gasteiger partial charge on any atom is 0.402 e. The van der Waals surface area contributed by atoms with E-state index in [0.29, 0.717) is 0 Å². The van der Waals surface area contributed by atoms with Gasteiger partial charge in [0.1, 0.15) is 59.6 Å². The summed E-state index contributed by atoms with van der Waals surface area (Å²) in [4.78, 5) is 0. The van der Waals surface area contributed by atoms with Crippen LogP contribution in [0.3, 0.4) is 0 Å². The molecule has 0 amide bonds. The third-order valence-corrected chi connectivity index (χ3v) is 7.40. The Bertz CT molecular complexity index is 1450. The van der Waals surface area contributed by atoms with Crippen molar-refractivity contribution in [3.63, 3.8) is 0 Å². The van der Waals surface area contributed by atoms with Crippen molar-refractivity contribution in [3.05, 3.63) is 36.4 Å². The molecule has 3 heterocycles.